The van der Waals surface area contributed by atoms with Gasteiger partial charge in [-0.3, -0.25) is 9.79 Å². The van der Waals surface area contributed by atoms with Gasteiger partial charge in [-0.2, -0.15) is 0 Å². The number of halogens is 2. The van der Waals surface area contributed by atoms with Crippen molar-refractivity contribution in [3.05, 3.63) is 72.2 Å². The predicted molar refractivity (Wildman–Crippen MR) is 134 cm³/mol. The highest BCUT2D eigenvalue weighted by Crippen LogP contribution is 2.15. The summed E-state index contributed by atoms with van der Waals surface area (Å²) in [6.07, 6.45) is 3.24. The largest absolute Gasteiger partial charge is 0.356 e. The zero-order chi connectivity index (χ0) is 21.2. The maximum Gasteiger partial charge on any atom is 0.224 e. The molecule has 0 atom stereocenters. The SMILES string of the molecule is CN=C(NCCCn1ccc2ccccc21)NCCNC(=O)Cc1cccc(F)c1.I. The van der Waals surface area contributed by atoms with Crippen LogP contribution in [0.3, 0.4) is 0 Å². The van der Waals surface area contributed by atoms with Crippen molar-refractivity contribution in [1.82, 2.24) is 20.5 Å². The van der Waals surface area contributed by atoms with Crippen LogP contribution in [-0.4, -0.2) is 43.1 Å². The molecule has 3 N–H and O–H groups in total. The van der Waals surface area contributed by atoms with Crippen LogP contribution in [0.15, 0.2) is 65.8 Å². The van der Waals surface area contributed by atoms with E-state index in [-0.39, 0.29) is 42.1 Å². The molecule has 3 aromatic rings. The quantitative estimate of drug-likeness (QED) is 0.170. The molecule has 1 heterocycles. The van der Waals surface area contributed by atoms with Gasteiger partial charge in [-0.15, -0.1) is 24.0 Å². The first kappa shape index (κ1) is 24.6. The Morgan fingerprint density at radius 3 is 2.58 bits per heavy atom. The molecule has 8 heteroatoms. The molecule has 0 fully saturated rings. The van der Waals surface area contributed by atoms with E-state index in [1.165, 1.54) is 23.0 Å². The zero-order valence-electron chi connectivity index (χ0n) is 17.6. The molecule has 31 heavy (non-hydrogen) atoms. The standard InChI is InChI=1S/C23H28FN5O.HI/c1-25-23(27-11-5-14-29-15-10-19-7-2-3-9-21(19)29)28-13-12-26-22(30)17-18-6-4-8-20(24)16-18;/h2-4,6-10,15-16H,5,11-14,17H2,1H3,(H,26,30)(H2,25,27,28);1H. The normalized spacial score (nSPS) is 11.1. The van der Waals surface area contributed by atoms with Gasteiger partial charge in [0.2, 0.25) is 5.91 Å². The number of guanidine groups is 1. The summed E-state index contributed by atoms with van der Waals surface area (Å²) in [4.78, 5) is 16.1. The number of hydrogen-bond acceptors (Lipinski definition) is 2. The van der Waals surface area contributed by atoms with Crippen LogP contribution in [0.5, 0.6) is 0 Å². The number of carbonyl (C=O) groups is 1. The van der Waals surface area contributed by atoms with E-state index in [4.69, 9.17) is 0 Å². The summed E-state index contributed by atoms with van der Waals surface area (Å²) >= 11 is 0. The van der Waals surface area contributed by atoms with Crippen molar-refractivity contribution in [2.45, 2.75) is 19.4 Å². The summed E-state index contributed by atoms with van der Waals surface area (Å²) in [5, 5.41) is 10.5. The van der Waals surface area contributed by atoms with Crippen LogP contribution in [0, 0.1) is 5.82 Å². The van der Waals surface area contributed by atoms with Gasteiger partial charge >= 0.3 is 0 Å². The summed E-state index contributed by atoms with van der Waals surface area (Å²) < 4.78 is 15.4. The van der Waals surface area contributed by atoms with Crippen molar-refractivity contribution >= 4 is 46.7 Å². The average Bonchev–Trinajstić information content (AvgIpc) is 3.16. The van der Waals surface area contributed by atoms with Gasteiger partial charge in [0, 0.05) is 44.9 Å². The summed E-state index contributed by atoms with van der Waals surface area (Å²) in [7, 11) is 1.72. The molecule has 0 bridgehead atoms. The van der Waals surface area contributed by atoms with E-state index in [0.717, 1.165) is 19.5 Å². The molecule has 1 aromatic heterocycles. The highest BCUT2D eigenvalue weighted by molar-refractivity contribution is 14.0. The van der Waals surface area contributed by atoms with Crippen LogP contribution in [0.25, 0.3) is 10.9 Å². The molecule has 3 rings (SSSR count). The minimum atomic E-state index is -0.332. The number of aliphatic imine (C=N–C) groups is 1. The third-order valence-corrected chi connectivity index (χ3v) is 4.77. The second-order valence-electron chi connectivity index (χ2n) is 7.00. The smallest absolute Gasteiger partial charge is 0.224 e. The molecule has 0 saturated heterocycles. The van der Waals surface area contributed by atoms with Crippen LogP contribution in [0.2, 0.25) is 0 Å². The molecule has 0 aliphatic heterocycles. The third-order valence-electron chi connectivity index (χ3n) is 4.77. The number of carbonyl (C=O) groups excluding carboxylic acids is 1. The van der Waals surface area contributed by atoms with Crippen molar-refractivity contribution in [2.24, 2.45) is 4.99 Å². The molecule has 0 aliphatic rings. The van der Waals surface area contributed by atoms with E-state index in [9.17, 15) is 9.18 Å². The first-order valence-corrected chi connectivity index (χ1v) is 10.2. The number of aromatic nitrogens is 1. The fraction of sp³-hybridized carbons (Fsp3) is 0.304. The van der Waals surface area contributed by atoms with E-state index < -0.39 is 0 Å². The Bertz CT molecular complexity index is 1000. The zero-order valence-corrected chi connectivity index (χ0v) is 19.9. The molecular formula is C23H29FIN5O. The van der Waals surface area contributed by atoms with Crippen molar-refractivity contribution < 1.29 is 9.18 Å². The Labute approximate surface area is 199 Å². The van der Waals surface area contributed by atoms with E-state index >= 15 is 0 Å². The summed E-state index contributed by atoms with van der Waals surface area (Å²) in [6.45, 7) is 2.73. The second-order valence-corrected chi connectivity index (χ2v) is 7.00. The minimum absolute atomic E-state index is 0. The van der Waals surface area contributed by atoms with Gasteiger partial charge in [0.05, 0.1) is 6.42 Å². The summed E-state index contributed by atoms with van der Waals surface area (Å²) in [5.74, 6) is 0.234. The van der Waals surface area contributed by atoms with Crippen LogP contribution in [0.1, 0.15) is 12.0 Å². The number of hydrogen-bond donors (Lipinski definition) is 3. The average molecular weight is 537 g/mol. The number of rotatable bonds is 9. The van der Waals surface area contributed by atoms with Crippen LogP contribution >= 0.6 is 24.0 Å². The van der Waals surface area contributed by atoms with E-state index in [1.54, 1.807) is 19.2 Å². The van der Waals surface area contributed by atoms with E-state index in [2.05, 4.69) is 56.0 Å². The third kappa shape index (κ3) is 7.86. The highest BCUT2D eigenvalue weighted by atomic mass is 127. The Hall–Kier alpha value is -2.62. The van der Waals surface area contributed by atoms with Crippen molar-refractivity contribution in [3.8, 4) is 0 Å². The fourth-order valence-corrected chi connectivity index (χ4v) is 3.29. The molecule has 0 aliphatic carbocycles. The molecule has 0 unspecified atom stereocenters. The number of nitrogens with one attached hydrogen (secondary N) is 3. The Balaban J connectivity index is 0.00000341. The number of para-hydroxylation sites is 1. The lowest BCUT2D eigenvalue weighted by molar-refractivity contribution is -0.120. The molecule has 0 spiro atoms. The Morgan fingerprint density at radius 1 is 1.00 bits per heavy atom. The number of fused-ring (bicyclic) bond motifs is 1. The molecule has 1 amide bonds. The summed E-state index contributed by atoms with van der Waals surface area (Å²) in [5.41, 5.74) is 1.90. The van der Waals surface area contributed by atoms with Gasteiger partial charge in [-0.1, -0.05) is 30.3 Å². The highest BCUT2D eigenvalue weighted by Gasteiger charge is 2.04. The second kappa shape index (κ2) is 12.9. The molecular weight excluding hydrogens is 508 g/mol. The molecule has 2 aromatic carbocycles. The van der Waals surface area contributed by atoms with Gasteiger partial charge in [0.15, 0.2) is 5.96 Å². The number of nitrogens with zero attached hydrogens (tertiary/aromatic N) is 2. The maximum atomic E-state index is 13.2. The topological polar surface area (TPSA) is 70.5 Å². The monoisotopic (exact) mass is 537 g/mol. The van der Waals surface area contributed by atoms with Crippen molar-refractivity contribution in [2.75, 3.05) is 26.7 Å². The predicted octanol–water partition coefficient (Wildman–Crippen LogP) is 3.31. The van der Waals surface area contributed by atoms with Crippen molar-refractivity contribution in [3.63, 3.8) is 0 Å². The summed E-state index contributed by atoms with van der Waals surface area (Å²) in [6, 6.07) is 16.6. The molecule has 166 valence electrons. The number of benzene rings is 2. The Kier molecular flexibility index (Phi) is 10.3. The van der Waals surface area contributed by atoms with Gasteiger partial charge in [-0.05, 0) is 41.6 Å². The van der Waals surface area contributed by atoms with Gasteiger partial charge in [-0.25, -0.2) is 4.39 Å². The Morgan fingerprint density at radius 2 is 1.77 bits per heavy atom. The maximum absolute atomic E-state index is 13.2. The van der Waals surface area contributed by atoms with E-state index in [1.807, 2.05) is 6.07 Å². The lowest BCUT2D eigenvalue weighted by atomic mass is 10.1. The lowest BCUT2D eigenvalue weighted by Crippen LogP contribution is -2.42. The van der Waals surface area contributed by atoms with Crippen molar-refractivity contribution in [1.29, 1.82) is 0 Å². The lowest BCUT2D eigenvalue weighted by Gasteiger charge is -2.13. The minimum Gasteiger partial charge on any atom is -0.356 e. The number of aryl methyl sites for hydroxylation is 1. The molecule has 0 radical (unpaired) electrons. The van der Waals surface area contributed by atoms with E-state index in [0.29, 0.717) is 24.6 Å². The van der Waals surface area contributed by atoms with Crippen LogP contribution in [0.4, 0.5) is 4.39 Å². The number of amides is 1. The van der Waals surface area contributed by atoms with Crippen LogP contribution in [-0.2, 0) is 17.8 Å². The first-order chi connectivity index (χ1) is 14.7. The fourth-order valence-electron chi connectivity index (χ4n) is 3.29. The van der Waals surface area contributed by atoms with Gasteiger partial charge in [0.25, 0.3) is 0 Å². The van der Waals surface area contributed by atoms with Gasteiger partial charge < -0.3 is 20.5 Å². The molecule has 6 nitrogen and oxygen atoms in total. The van der Waals surface area contributed by atoms with Crippen LogP contribution < -0.4 is 16.0 Å². The van der Waals surface area contributed by atoms with Gasteiger partial charge in [0.1, 0.15) is 5.82 Å². The molecule has 0 saturated carbocycles. The first-order valence-electron chi connectivity index (χ1n) is 10.2.